The van der Waals surface area contributed by atoms with Crippen LogP contribution in [0.5, 0.6) is 11.5 Å². The van der Waals surface area contributed by atoms with E-state index in [-0.39, 0.29) is 20.4 Å². The van der Waals surface area contributed by atoms with Gasteiger partial charge in [0.15, 0.2) is 0 Å². The minimum Gasteiger partial charge on any atom is -0.497 e. The monoisotopic (exact) mass is 749 g/mol. The Balaban J connectivity index is 0.00000348. The summed E-state index contributed by atoms with van der Waals surface area (Å²) < 4.78 is 10.9. The van der Waals surface area contributed by atoms with E-state index in [1.165, 1.54) is 22.3 Å². The van der Waals surface area contributed by atoms with Crippen LogP contribution in [0.3, 0.4) is 0 Å². The summed E-state index contributed by atoms with van der Waals surface area (Å²) in [6.45, 7) is 6.45. The molecule has 5 heterocycles. The Morgan fingerprint density at radius 1 is 0.627 bits per heavy atom. The van der Waals surface area contributed by atoms with Gasteiger partial charge in [-0.2, -0.15) is 0 Å². The van der Waals surface area contributed by atoms with Crippen molar-refractivity contribution < 1.29 is 25.2 Å². The largest absolute Gasteiger partial charge is 2.00 e. The van der Waals surface area contributed by atoms with Crippen molar-refractivity contribution >= 4 is 54.8 Å². The fraction of sp³-hybridized carbons (Fsp3) is 0.0682. The summed E-state index contributed by atoms with van der Waals surface area (Å²) in [5.74, 6) is 1.17. The summed E-state index contributed by atoms with van der Waals surface area (Å²) in [6.07, 6.45) is 5.90. The maximum atomic E-state index is 6.55. The van der Waals surface area contributed by atoms with Crippen LogP contribution in [0.2, 0.25) is 0 Å². The third kappa shape index (κ3) is 4.85. The summed E-state index contributed by atoms with van der Waals surface area (Å²) in [5, 5.41) is 6.00. The van der Waals surface area contributed by atoms with Crippen LogP contribution in [0.15, 0.2) is 122 Å². The summed E-state index contributed by atoms with van der Waals surface area (Å²) >= 11 is 0. The Kier molecular flexibility index (Phi) is 7.25. The number of imidazole rings is 2. The second-order valence-corrected chi connectivity index (χ2v) is 13.0. The number of hydrogen-bond acceptors (Lipinski definition) is 4. The maximum absolute atomic E-state index is 6.55. The average Bonchev–Trinajstić information content (AvgIpc) is 3.78. The number of para-hydroxylation sites is 1. The van der Waals surface area contributed by atoms with Gasteiger partial charge in [-0.15, -0.1) is 12.1 Å². The Morgan fingerprint density at radius 2 is 1.29 bits per heavy atom. The van der Waals surface area contributed by atoms with Crippen molar-refractivity contribution in [1.82, 2.24) is 23.8 Å². The number of nitrogens with zero attached hydrogens (tertiary/aromatic N) is 5. The molecule has 7 heteroatoms. The molecule has 0 amide bonds. The van der Waals surface area contributed by atoms with Gasteiger partial charge in [0.1, 0.15) is 5.65 Å². The molecule has 0 spiro atoms. The first kappa shape index (κ1) is 31.1. The Labute approximate surface area is 307 Å². The molecule has 10 rings (SSSR count). The van der Waals surface area contributed by atoms with Gasteiger partial charge in [0.05, 0.1) is 22.7 Å². The molecule has 10 aromatic rings. The molecule has 0 saturated heterocycles. The summed E-state index contributed by atoms with van der Waals surface area (Å²) in [6, 6.07) is 42.5. The fourth-order valence-corrected chi connectivity index (χ4v) is 7.68. The maximum Gasteiger partial charge on any atom is 2.00 e. The van der Waals surface area contributed by atoms with Crippen molar-refractivity contribution in [2.45, 2.75) is 20.8 Å². The van der Waals surface area contributed by atoms with Crippen LogP contribution in [0.4, 0.5) is 0 Å². The standard InChI is InChI=1S/C44H29N5O.Pd/c1-26-20-27(2)41(28(3)21-26)40-24-46-43-36-22-30(16-18-33(36)35-13-9-19-45-42(35)49(40)43)50-31-15-17-32-34-12-7-8-14-39(34)48-25-38(29-10-5-4-6-11-29)47-44(48)37(32)23-31;/h4-21,24-25H,1-3H3;/q-2;+2. The molecule has 0 N–H and O–H groups in total. The van der Waals surface area contributed by atoms with Gasteiger partial charge in [-0.1, -0.05) is 118 Å². The van der Waals surface area contributed by atoms with Crippen LogP contribution in [0.25, 0.3) is 77.3 Å². The van der Waals surface area contributed by atoms with Gasteiger partial charge in [0.25, 0.3) is 0 Å². The molecule has 5 aromatic heterocycles. The van der Waals surface area contributed by atoms with Gasteiger partial charge in [0.2, 0.25) is 0 Å². The molecular weight excluding hydrogens is 721 g/mol. The minimum atomic E-state index is 0. The summed E-state index contributed by atoms with van der Waals surface area (Å²) in [7, 11) is 0. The van der Waals surface area contributed by atoms with E-state index in [1.54, 1.807) is 0 Å². The van der Waals surface area contributed by atoms with Crippen molar-refractivity contribution in [2.75, 3.05) is 0 Å². The van der Waals surface area contributed by atoms with Gasteiger partial charge in [-0.3, -0.25) is 9.97 Å². The van der Waals surface area contributed by atoms with Crippen LogP contribution >= 0.6 is 0 Å². The van der Waals surface area contributed by atoms with Gasteiger partial charge in [0, 0.05) is 46.7 Å². The van der Waals surface area contributed by atoms with Crippen LogP contribution in [0.1, 0.15) is 16.7 Å². The average molecular weight is 750 g/mol. The van der Waals surface area contributed by atoms with Crippen molar-refractivity contribution in [3.63, 3.8) is 0 Å². The van der Waals surface area contributed by atoms with Gasteiger partial charge in [-0.05, 0) is 54.8 Å². The number of aryl methyl sites for hydroxylation is 3. The molecule has 0 unspecified atom stereocenters. The number of rotatable bonds is 4. The zero-order chi connectivity index (χ0) is 33.5. The summed E-state index contributed by atoms with van der Waals surface area (Å²) in [5.41, 5.74) is 11.4. The Morgan fingerprint density at radius 3 is 2.06 bits per heavy atom. The van der Waals surface area contributed by atoms with E-state index in [1.807, 2.05) is 48.8 Å². The SMILES string of the molecule is Cc1cc(C)c(-c2cnc3c4[c-]c(Oc5[c-]c6c(cc5)c5ccccc5n5cc(-c7ccccc7)nc65)ccc4c4cccnc4n23)c(C)c1.[Pd+2]. The van der Waals surface area contributed by atoms with Crippen LogP contribution in [0, 0.1) is 32.9 Å². The molecular formula is C44H29N5OPd. The molecule has 51 heavy (non-hydrogen) atoms. The van der Waals surface area contributed by atoms with Gasteiger partial charge >= 0.3 is 20.4 Å². The van der Waals surface area contributed by atoms with E-state index in [2.05, 4.69) is 115 Å². The number of pyridine rings is 3. The first-order valence-corrected chi connectivity index (χ1v) is 16.7. The van der Waals surface area contributed by atoms with E-state index in [0.29, 0.717) is 11.5 Å². The van der Waals surface area contributed by atoms with E-state index in [4.69, 9.17) is 19.7 Å². The third-order valence-corrected chi connectivity index (χ3v) is 9.72. The second kappa shape index (κ2) is 11.9. The van der Waals surface area contributed by atoms with Crippen LogP contribution < -0.4 is 4.74 Å². The molecule has 0 aliphatic heterocycles. The third-order valence-electron chi connectivity index (χ3n) is 9.72. The number of ether oxygens (including phenoxy) is 1. The zero-order valence-electron chi connectivity index (χ0n) is 28.0. The van der Waals surface area contributed by atoms with Gasteiger partial charge in [-0.25, -0.2) is 4.98 Å². The predicted octanol–water partition coefficient (Wildman–Crippen LogP) is 10.6. The normalized spacial score (nSPS) is 11.7. The minimum absolute atomic E-state index is 0. The van der Waals surface area contributed by atoms with Crippen LogP contribution in [-0.4, -0.2) is 23.8 Å². The number of aromatic nitrogens is 5. The Hall–Kier alpha value is -5.87. The molecule has 0 atom stereocenters. The number of hydrogen-bond donors (Lipinski definition) is 0. The first-order chi connectivity index (χ1) is 24.5. The molecule has 0 radical (unpaired) electrons. The zero-order valence-corrected chi connectivity index (χ0v) is 29.6. The van der Waals surface area contributed by atoms with Crippen molar-refractivity contribution in [1.29, 1.82) is 0 Å². The predicted molar refractivity (Wildman–Crippen MR) is 201 cm³/mol. The molecule has 6 nitrogen and oxygen atoms in total. The van der Waals surface area contributed by atoms with Crippen molar-refractivity contribution in [3.8, 4) is 34.0 Å². The quantitative estimate of drug-likeness (QED) is 0.102. The van der Waals surface area contributed by atoms with Crippen LogP contribution in [-0.2, 0) is 20.4 Å². The van der Waals surface area contributed by atoms with E-state index < -0.39 is 0 Å². The second-order valence-electron chi connectivity index (χ2n) is 13.0. The first-order valence-electron chi connectivity index (χ1n) is 16.7. The summed E-state index contributed by atoms with van der Waals surface area (Å²) in [4.78, 5) is 14.9. The number of benzene rings is 5. The Bertz CT molecular complexity index is 2980. The van der Waals surface area contributed by atoms with Gasteiger partial charge < -0.3 is 13.5 Å². The smallest absolute Gasteiger partial charge is 0.497 e. The molecule has 0 aliphatic carbocycles. The topological polar surface area (TPSA) is 56.7 Å². The number of fused-ring (bicyclic) bond motifs is 12. The van der Waals surface area contributed by atoms with E-state index in [9.17, 15) is 0 Å². The fourth-order valence-electron chi connectivity index (χ4n) is 7.68. The molecule has 0 saturated carbocycles. The van der Waals surface area contributed by atoms with E-state index in [0.717, 1.165) is 71.7 Å². The molecule has 5 aromatic carbocycles. The molecule has 0 bridgehead atoms. The molecule has 246 valence electrons. The van der Waals surface area contributed by atoms with E-state index >= 15 is 0 Å². The molecule has 0 fully saturated rings. The molecule has 0 aliphatic rings. The van der Waals surface area contributed by atoms with Crippen molar-refractivity contribution in [2.24, 2.45) is 0 Å². The van der Waals surface area contributed by atoms with Crippen molar-refractivity contribution in [3.05, 3.63) is 151 Å².